The monoisotopic (exact) mass is 582 g/mol. The van der Waals surface area contributed by atoms with Crippen molar-refractivity contribution in [1.82, 2.24) is 19.5 Å². The molecule has 6 rings (SSSR count). The van der Waals surface area contributed by atoms with Gasteiger partial charge in [0, 0.05) is 28.5 Å². The minimum absolute atomic E-state index is 0.0427. The lowest BCUT2D eigenvalue weighted by Gasteiger charge is -2.36. The largest absolute Gasteiger partial charge is 0.480 e. The first-order valence-electron chi connectivity index (χ1n) is 12.1. The zero-order valence-electron chi connectivity index (χ0n) is 21.6. The highest BCUT2D eigenvalue weighted by Crippen LogP contribution is 2.55. The number of carbonyl (C=O) groups is 2. The van der Waals surface area contributed by atoms with E-state index >= 15 is 4.39 Å². The second kappa shape index (κ2) is 9.17. The normalized spacial score (nSPS) is 17.4. The number of anilines is 2. The molecule has 0 saturated heterocycles. The molecule has 1 atom stereocenters. The van der Waals surface area contributed by atoms with E-state index in [9.17, 15) is 9.59 Å². The number of hydrogen-bond acceptors (Lipinski definition) is 7. The van der Waals surface area contributed by atoms with E-state index in [-0.39, 0.29) is 45.9 Å². The minimum atomic E-state index is -1.84. The molecule has 2 aromatic heterocycles. The number of imidazole rings is 1. The van der Waals surface area contributed by atoms with Gasteiger partial charge in [-0.05, 0) is 38.1 Å². The molecule has 204 valence electrons. The number of ether oxygens (including phenoxy) is 2. The first-order valence-corrected chi connectivity index (χ1v) is 12.9. The van der Waals surface area contributed by atoms with Crippen LogP contribution in [0.25, 0.3) is 11.4 Å². The summed E-state index contributed by atoms with van der Waals surface area (Å²) in [6.45, 7) is 3.75. The lowest BCUT2D eigenvalue weighted by atomic mass is 9.87. The molecule has 40 heavy (non-hydrogen) atoms. The Hall–Kier alpha value is -4.22. The van der Waals surface area contributed by atoms with Gasteiger partial charge in [-0.1, -0.05) is 35.3 Å². The van der Waals surface area contributed by atoms with E-state index in [0.29, 0.717) is 21.8 Å². The predicted molar refractivity (Wildman–Crippen MR) is 146 cm³/mol. The van der Waals surface area contributed by atoms with E-state index in [1.54, 1.807) is 22.8 Å². The first-order chi connectivity index (χ1) is 19.1. The number of benzene rings is 2. The Morgan fingerprint density at radius 2 is 1.85 bits per heavy atom. The second-order valence-corrected chi connectivity index (χ2v) is 10.3. The highest BCUT2D eigenvalue weighted by Gasteiger charge is 2.64. The molecule has 1 unspecified atom stereocenters. The molecule has 2 amide bonds. The molecule has 13 heteroatoms. The van der Waals surface area contributed by atoms with Crippen molar-refractivity contribution in [2.24, 2.45) is 0 Å². The molecule has 2 aliphatic rings. The Bertz CT molecular complexity index is 1740. The highest BCUT2D eigenvalue weighted by molar-refractivity contribution is 6.32. The summed E-state index contributed by atoms with van der Waals surface area (Å²) in [7, 11) is 2.86. The molecule has 0 fully saturated rings. The average Bonchev–Trinajstić information content (AvgIpc) is 3.54. The molecule has 2 aliphatic heterocycles. The number of nitrogens with zero attached hydrogens (tertiary/aromatic N) is 5. The number of rotatable bonds is 5. The van der Waals surface area contributed by atoms with Crippen LogP contribution in [0.15, 0.2) is 42.6 Å². The van der Waals surface area contributed by atoms with Crippen LogP contribution in [0.2, 0.25) is 10.0 Å². The molecule has 0 saturated carbocycles. The zero-order chi connectivity index (χ0) is 28.5. The van der Waals surface area contributed by atoms with Gasteiger partial charge in [0.2, 0.25) is 5.88 Å². The van der Waals surface area contributed by atoms with Gasteiger partial charge >= 0.3 is 6.01 Å². The van der Waals surface area contributed by atoms with E-state index in [0.717, 1.165) is 4.90 Å². The van der Waals surface area contributed by atoms with Gasteiger partial charge in [-0.2, -0.15) is 4.98 Å². The molecular weight excluding hydrogens is 562 g/mol. The van der Waals surface area contributed by atoms with Gasteiger partial charge in [-0.3, -0.25) is 14.5 Å². The van der Waals surface area contributed by atoms with Crippen molar-refractivity contribution in [1.29, 1.82) is 0 Å². The average molecular weight is 583 g/mol. The van der Waals surface area contributed by atoms with Crippen molar-refractivity contribution >= 4 is 46.4 Å². The van der Waals surface area contributed by atoms with Gasteiger partial charge in [0.25, 0.3) is 11.8 Å². The second-order valence-electron chi connectivity index (χ2n) is 9.44. The standard InChI is InChI=1S/C27H21Cl2FN6O4/c1-12(2)35-21-20(33-22(35)14-11-31-26(40-4)34-23(14)39-3)24(37)36(18-7-5-6-16(29)19(18)30)27(21)15-9-8-13(28)10-17(15)32-25(27)38/h5-12H,1-4H3,(H,32,38). The summed E-state index contributed by atoms with van der Waals surface area (Å²) >= 11 is 12.4. The van der Waals surface area contributed by atoms with Crippen molar-refractivity contribution in [3.8, 4) is 23.3 Å². The molecule has 0 radical (unpaired) electrons. The van der Waals surface area contributed by atoms with Crippen LogP contribution in [0, 0.1) is 5.82 Å². The predicted octanol–water partition coefficient (Wildman–Crippen LogP) is 5.24. The van der Waals surface area contributed by atoms with E-state index in [1.165, 1.54) is 38.6 Å². The Labute approximate surface area is 237 Å². The fraction of sp³-hybridized carbons (Fsp3) is 0.222. The van der Waals surface area contributed by atoms with Crippen LogP contribution >= 0.6 is 23.2 Å². The van der Waals surface area contributed by atoms with Crippen molar-refractivity contribution in [3.63, 3.8) is 0 Å². The van der Waals surface area contributed by atoms with Gasteiger partial charge in [-0.25, -0.2) is 14.4 Å². The number of aromatic nitrogens is 4. The van der Waals surface area contributed by atoms with E-state index in [2.05, 4.69) is 15.3 Å². The summed E-state index contributed by atoms with van der Waals surface area (Å²) in [4.78, 5) is 42.7. The van der Waals surface area contributed by atoms with Crippen LogP contribution in [0.5, 0.6) is 11.9 Å². The summed E-state index contributed by atoms with van der Waals surface area (Å²) < 4.78 is 27.9. The molecule has 2 aromatic carbocycles. The number of amides is 2. The number of carbonyl (C=O) groups excluding carboxylic acids is 2. The maximum atomic E-state index is 15.6. The summed E-state index contributed by atoms with van der Waals surface area (Å²) in [6.07, 6.45) is 1.47. The van der Waals surface area contributed by atoms with Crippen molar-refractivity contribution in [2.75, 3.05) is 24.4 Å². The summed E-state index contributed by atoms with van der Waals surface area (Å²) in [5.74, 6) is -1.68. The van der Waals surface area contributed by atoms with Crippen molar-refractivity contribution in [2.45, 2.75) is 25.4 Å². The van der Waals surface area contributed by atoms with Crippen LogP contribution in [-0.4, -0.2) is 45.6 Å². The Balaban J connectivity index is 1.73. The number of nitrogens with one attached hydrogen (secondary N) is 1. The summed E-state index contributed by atoms with van der Waals surface area (Å²) in [5.41, 5.74) is -0.653. The summed E-state index contributed by atoms with van der Waals surface area (Å²) in [5, 5.41) is 3.01. The molecule has 0 aliphatic carbocycles. The smallest absolute Gasteiger partial charge is 0.319 e. The quantitative estimate of drug-likeness (QED) is 0.342. The third-order valence-corrected chi connectivity index (χ3v) is 7.51. The van der Waals surface area contributed by atoms with Crippen LogP contribution < -0.4 is 19.7 Å². The molecule has 0 bridgehead atoms. The minimum Gasteiger partial charge on any atom is -0.480 e. The Morgan fingerprint density at radius 3 is 2.55 bits per heavy atom. The highest BCUT2D eigenvalue weighted by atomic mass is 35.5. The third-order valence-electron chi connectivity index (χ3n) is 6.98. The van der Waals surface area contributed by atoms with Crippen LogP contribution in [-0.2, 0) is 10.3 Å². The number of hydrogen-bond donors (Lipinski definition) is 1. The van der Waals surface area contributed by atoms with Crippen LogP contribution in [0.4, 0.5) is 15.8 Å². The Morgan fingerprint density at radius 1 is 1.07 bits per heavy atom. The first kappa shape index (κ1) is 26.0. The lowest BCUT2D eigenvalue weighted by Crippen LogP contribution is -2.51. The van der Waals surface area contributed by atoms with Gasteiger partial charge in [0.15, 0.2) is 17.1 Å². The molecule has 10 nitrogen and oxygen atoms in total. The van der Waals surface area contributed by atoms with Crippen LogP contribution in [0.3, 0.4) is 0 Å². The molecule has 1 spiro atoms. The number of methoxy groups -OCH3 is 2. The fourth-order valence-electron chi connectivity index (χ4n) is 5.43. The lowest BCUT2D eigenvalue weighted by molar-refractivity contribution is -0.119. The zero-order valence-corrected chi connectivity index (χ0v) is 23.1. The number of halogens is 3. The van der Waals surface area contributed by atoms with Gasteiger partial charge in [0.05, 0.1) is 36.2 Å². The SMILES string of the molecule is COc1ncc(-c2nc3c(n2C(C)C)C2(C(=O)Nc4cc(Cl)ccc42)N(c2cccc(Cl)c2F)C3=O)c(OC)n1. The van der Waals surface area contributed by atoms with E-state index in [1.807, 2.05) is 13.8 Å². The molecular formula is C27H21Cl2FN6O4. The molecule has 4 heterocycles. The maximum absolute atomic E-state index is 15.6. The molecule has 4 aromatic rings. The van der Waals surface area contributed by atoms with Gasteiger partial charge in [0.1, 0.15) is 5.82 Å². The molecule has 1 N–H and O–H groups in total. The third kappa shape index (κ3) is 3.37. The van der Waals surface area contributed by atoms with Crippen molar-refractivity contribution in [3.05, 3.63) is 75.4 Å². The maximum Gasteiger partial charge on any atom is 0.319 e. The van der Waals surface area contributed by atoms with E-state index < -0.39 is 23.2 Å². The summed E-state index contributed by atoms with van der Waals surface area (Å²) in [6, 6.07) is 8.84. The van der Waals surface area contributed by atoms with E-state index in [4.69, 9.17) is 37.7 Å². The number of fused-ring (bicyclic) bond motifs is 4. The van der Waals surface area contributed by atoms with Crippen LogP contribution in [0.1, 0.15) is 41.6 Å². The topological polar surface area (TPSA) is 111 Å². The van der Waals surface area contributed by atoms with Gasteiger partial charge < -0.3 is 19.4 Å². The van der Waals surface area contributed by atoms with Crippen molar-refractivity contribution < 1.29 is 23.5 Å². The Kier molecular flexibility index (Phi) is 5.97. The van der Waals surface area contributed by atoms with Gasteiger partial charge in [-0.15, -0.1) is 0 Å². The fourth-order valence-corrected chi connectivity index (χ4v) is 5.77.